The van der Waals surface area contributed by atoms with E-state index in [2.05, 4.69) is 5.32 Å². The van der Waals surface area contributed by atoms with Crippen molar-refractivity contribution in [3.05, 3.63) is 0 Å². The van der Waals surface area contributed by atoms with Crippen molar-refractivity contribution in [1.29, 1.82) is 0 Å². The normalized spacial score (nSPS) is 21.9. The largest absolute Gasteiger partial charge is 0.347 e. The number of hydrogen-bond donors (Lipinski definition) is 1. The first-order valence-electron chi connectivity index (χ1n) is 6.07. The quantitative estimate of drug-likeness (QED) is 0.670. The Labute approximate surface area is 113 Å². The Kier molecular flexibility index (Phi) is 4.92. The maximum atomic E-state index is 12.2. The van der Waals surface area contributed by atoms with Crippen molar-refractivity contribution < 1.29 is 18.0 Å². The van der Waals surface area contributed by atoms with Crippen LogP contribution >= 0.6 is 0 Å². The first-order valence-corrected chi connectivity index (χ1v) is 8.03. The molecule has 110 valence electrons. The number of rotatable bonds is 3. The van der Waals surface area contributed by atoms with Crippen molar-refractivity contribution in [2.75, 3.05) is 40.0 Å². The third-order valence-electron chi connectivity index (χ3n) is 3.24. The molecule has 1 N–H and O–H groups in total. The lowest BCUT2D eigenvalue weighted by Crippen LogP contribution is -2.61. The minimum absolute atomic E-state index is 0.207. The Bertz CT molecular complexity index is 461. The molecule has 2 atom stereocenters. The number of nitrogens with zero attached hydrogens (tertiary/aromatic N) is 2. The van der Waals surface area contributed by atoms with Crippen LogP contribution in [0.1, 0.15) is 6.92 Å². The molecule has 0 bridgehead atoms. The topological polar surface area (TPSA) is 86.8 Å². The lowest BCUT2D eigenvalue weighted by atomic mass is 10.1. The Morgan fingerprint density at radius 2 is 1.95 bits per heavy atom. The van der Waals surface area contributed by atoms with Crippen molar-refractivity contribution in [3.8, 4) is 0 Å². The molecule has 0 aliphatic carbocycles. The van der Waals surface area contributed by atoms with Crippen LogP contribution in [0.15, 0.2) is 0 Å². The summed E-state index contributed by atoms with van der Waals surface area (Å²) in [5.41, 5.74) is 0. The van der Waals surface area contributed by atoms with E-state index in [4.69, 9.17) is 0 Å². The second-order valence-electron chi connectivity index (χ2n) is 4.96. The molecule has 7 nitrogen and oxygen atoms in total. The summed E-state index contributed by atoms with van der Waals surface area (Å²) in [6.45, 7) is 2.60. The van der Waals surface area contributed by atoms with Gasteiger partial charge in [-0.1, -0.05) is 0 Å². The molecule has 8 heteroatoms. The predicted octanol–water partition coefficient (Wildman–Crippen LogP) is -1.69. The van der Waals surface area contributed by atoms with E-state index < -0.39 is 27.0 Å². The van der Waals surface area contributed by atoms with E-state index in [-0.39, 0.29) is 5.91 Å². The van der Waals surface area contributed by atoms with Crippen LogP contribution < -0.4 is 5.32 Å². The summed E-state index contributed by atoms with van der Waals surface area (Å²) >= 11 is 0. The predicted molar refractivity (Wildman–Crippen MR) is 71.4 cm³/mol. The second kappa shape index (κ2) is 5.87. The van der Waals surface area contributed by atoms with E-state index in [0.29, 0.717) is 19.6 Å². The van der Waals surface area contributed by atoms with Gasteiger partial charge in [0.2, 0.25) is 11.8 Å². The minimum atomic E-state index is -3.46. The monoisotopic (exact) mass is 291 g/mol. The summed E-state index contributed by atoms with van der Waals surface area (Å²) < 4.78 is 22.9. The third-order valence-corrected chi connectivity index (χ3v) is 4.73. The van der Waals surface area contributed by atoms with E-state index in [0.717, 1.165) is 6.26 Å². The maximum Gasteiger partial charge on any atom is 0.246 e. The number of amides is 2. The van der Waals surface area contributed by atoms with Crippen LogP contribution in [0.25, 0.3) is 0 Å². The molecular formula is C11H21N3O4S. The van der Waals surface area contributed by atoms with Gasteiger partial charge in [-0.25, -0.2) is 8.42 Å². The molecule has 1 aliphatic rings. The SMILES string of the molecule is CC(C(=O)N1CCNCC1C(=O)N(C)C)S(C)(=O)=O. The minimum Gasteiger partial charge on any atom is -0.347 e. The lowest BCUT2D eigenvalue weighted by Gasteiger charge is -2.37. The summed E-state index contributed by atoms with van der Waals surface area (Å²) in [5.74, 6) is -0.717. The Morgan fingerprint density at radius 1 is 1.37 bits per heavy atom. The highest BCUT2D eigenvalue weighted by Crippen LogP contribution is 2.11. The van der Waals surface area contributed by atoms with E-state index in [1.54, 1.807) is 14.1 Å². The fourth-order valence-electron chi connectivity index (χ4n) is 1.90. The highest BCUT2D eigenvalue weighted by atomic mass is 32.2. The molecule has 0 saturated carbocycles. The molecule has 2 amide bonds. The molecule has 19 heavy (non-hydrogen) atoms. The number of hydrogen-bond acceptors (Lipinski definition) is 5. The molecule has 1 aliphatic heterocycles. The molecule has 1 heterocycles. The zero-order valence-corrected chi connectivity index (χ0v) is 12.5. The summed E-state index contributed by atoms with van der Waals surface area (Å²) in [5, 5.41) is 1.92. The average molecular weight is 291 g/mol. The van der Waals surface area contributed by atoms with Crippen LogP contribution in [0.5, 0.6) is 0 Å². The van der Waals surface area contributed by atoms with Gasteiger partial charge in [0.25, 0.3) is 0 Å². The van der Waals surface area contributed by atoms with Crippen molar-refractivity contribution in [1.82, 2.24) is 15.1 Å². The van der Waals surface area contributed by atoms with Gasteiger partial charge >= 0.3 is 0 Å². The van der Waals surface area contributed by atoms with Crippen molar-refractivity contribution in [2.24, 2.45) is 0 Å². The van der Waals surface area contributed by atoms with E-state index in [1.165, 1.54) is 16.7 Å². The number of carbonyl (C=O) groups is 2. The second-order valence-corrected chi connectivity index (χ2v) is 7.32. The summed E-state index contributed by atoms with van der Waals surface area (Å²) in [6.07, 6.45) is 1.03. The third kappa shape index (κ3) is 3.66. The molecule has 0 aromatic carbocycles. The number of piperazine rings is 1. The van der Waals surface area contributed by atoms with Gasteiger partial charge in [-0.2, -0.15) is 0 Å². The summed E-state index contributed by atoms with van der Waals surface area (Å²) in [4.78, 5) is 27.0. The van der Waals surface area contributed by atoms with Gasteiger partial charge in [-0.15, -0.1) is 0 Å². The maximum absolute atomic E-state index is 12.2. The van der Waals surface area contributed by atoms with Crippen LogP contribution in [-0.4, -0.2) is 81.3 Å². The van der Waals surface area contributed by atoms with Crippen LogP contribution in [0, 0.1) is 0 Å². The van der Waals surface area contributed by atoms with Crippen LogP contribution in [0.4, 0.5) is 0 Å². The average Bonchev–Trinajstić information content (AvgIpc) is 2.34. The molecule has 0 aromatic rings. The standard InChI is InChI=1S/C11H21N3O4S/c1-8(19(4,17)18)10(15)14-6-5-12-7-9(14)11(16)13(2)3/h8-9,12H,5-7H2,1-4H3. The van der Waals surface area contributed by atoms with Gasteiger partial charge < -0.3 is 15.1 Å². The molecule has 1 rings (SSSR count). The van der Waals surface area contributed by atoms with Crippen LogP contribution in [0.2, 0.25) is 0 Å². The highest BCUT2D eigenvalue weighted by molar-refractivity contribution is 7.92. The van der Waals surface area contributed by atoms with Crippen molar-refractivity contribution >= 4 is 21.7 Å². The zero-order valence-electron chi connectivity index (χ0n) is 11.7. The zero-order chi connectivity index (χ0) is 14.8. The number of likely N-dealkylation sites (N-methyl/N-ethyl adjacent to an activating group) is 1. The lowest BCUT2D eigenvalue weighted by molar-refractivity contribution is -0.145. The van der Waals surface area contributed by atoms with Gasteiger partial charge in [-0.05, 0) is 6.92 Å². The first-order chi connectivity index (χ1) is 8.66. The van der Waals surface area contributed by atoms with Crippen molar-refractivity contribution in [3.63, 3.8) is 0 Å². The molecule has 0 aromatic heterocycles. The Balaban J connectivity index is 2.95. The van der Waals surface area contributed by atoms with E-state index in [1.807, 2.05) is 0 Å². The fraction of sp³-hybridized carbons (Fsp3) is 0.818. The van der Waals surface area contributed by atoms with Crippen molar-refractivity contribution in [2.45, 2.75) is 18.2 Å². The Hall–Kier alpha value is -1.15. The van der Waals surface area contributed by atoms with E-state index >= 15 is 0 Å². The van der Waals surface area contributed by atoms with Crippen LogP contribution in [0.3, 0.4) is 0 Å². The Morgan fingerprint density at radius 3 is 2.42 bits per heavy atom. The van der Waals surface area contributed by atoms with Gasteiger partial charge in [0.1, 0.15) is 11.3 Å². The molecule has 2 unspecified atom stereocenters. The van der Waals surface area contributed by atoms with Crippen LogP contribution in [-0.2, 0) is 19.4 Å². The van der Waals surface area contributed by atoms with Gasteiger partial charge in [0, 0.05) is 40.0 Å². The molecule has 0 spiro atoms. The van der Waals surface area contributed by atoms with Gasteiger partial charge in [0.15, 0.2) is 9.84 Å². The summed E-state index contributed by atoms with van der Waals surface area (Å²) in [7, 11) is -0.236. The smallest absolute Gasteiger partial charge is 0.246 e. The molecule has 1 fully saturated rings. The highest BCUT2D eigenvalue weighted by Gasteiger charge is 2.37. The number of sulfone groups is 1. The fourth-order valence-corrected chi connectivity index (χ4v) is 2.41. The number of nitrogens with one attached hydrogen (secondary N) is 1. The van der Waals surface area contributed by atoms with Gasteiger partial charge in [-0.3, -0.25) is 9.59 Å². The van der Waals surface area contributed by atoms with Gasteiger partial charge in [0.05, 0.1) is 0 Å². The summed E-state index contributed by atoms with van der Waals surface area (Å²) in [6, 6.07) is -0.638. The van der Waals surface area contributed by atoms with E-state index in [9.17, 15) is 18.0 Å². The number of carbonyl (C=O) groups excluding carboxylic acids is 2. The molecular weight excluding hydrogens is 270 g/mol. The first kappa shape index (κ1) is 15.9. The molecule has 1 saturated heterocycles. The molecule has 0 radical (unpaired) electrons.